The van der Waals surface area contributed by atoms with Gasteiger partial charge in [-0.2, -0.15) is 5.26 Å². The molecule has 0 aliphatic rings. The van der Waals surface area contributed by atoms with E-state index in [1.807, 2.05) is 6.07 Å². The van der Waals surface area contributed by atoms with Gasteiger partial charge in [-0.1, -0.05) is 109 Å². The Bertz CT molecular complexity index is 2810. The first kappa shape index (κ1) is 25.7. The van der Waals surface area contributed by atoms with Crippen molar-refractivity contribution in [2.24, 2.45) is 0 Å². The minimum absolute atomic E-state index is 0.655. The molecule has 4 nitrogen and oxygen atoms in total. The summed E-state index contributed by atoms with van der Waals surface area (Å²) >= 11 is 0. The number of hydrogen-bond acceptors (Lipinski definition) is 1. The van der Waals surface area contributed by atoms with Gasteiger partial charge in [-0.05, 0) is 48.5 Å². The number of nitriles is 1. The molecule has 0 radical (unpaired) electrons. The van der Waals surface area contributed by atoms with Crippen molar-refractivity contribution in [3.05, 3.63) is 163 Å². The number of rotatable bonds is 3. The van der Waals surface area contributed by atoms with E-state index < -0.39 is 0 Å². The van der Waals surface area contributed by atoms with Crippen LogP contribution in [0.15, 0.2) is 158 Å². The molecule has 10 aromatic rings. The maximum Gasteiger partial charge on any atom is 0.102 e. The zero-order chi connectivity index (χ0) is 31.1. The molecule has 10 rings (SSSR count). The zero-order valence-corrected chi connectivity index (χ0v) is 25.3. The summed E-state index contributed by atoms with van der Waals surface area (Å²) in [7, 11) is 0. The summed E-state index contributed by atoms with van der Waals surface area (Å²) in [6.07, 6.45) is 0. The van der Waals surface area contributed by atoms with Crippen LogP contribution in [-0.4, -0.2) is 13.7 Å². The highest BCUT2D eigenvalue weighted by Gasteiger charge is 2.26. The van der Waals surface area contributed by atoms with Gasteiger partial charge in [-0.15, -0.1) is 0 Å². The quantitative estimate of drug-likeness (QED) is 0.199. The summed E-state index contributed by atoms with van der Waals surface area (Å²) in [6.45, 7) is 0. The minimum atomic E-state index is 0.655. The second kappa shape index (κ2) is 9.71. The lowest BCUT2D eigenvalue weighted by Gasteiger charge is -2.18. The van der Waals surface area contributed by atoms with E-state index in [0.29, 0.717) is 5.56 Å². The van der Waals surface area contributed by atoms with Crippen LogP contribution in [0.4, 0.5) is 0 Å². The summed E-state index contributed by atoms with van der Waals surface area (Å²) in [5.41, 5.74) is 10.1. The Hall–Kier alpha value is -6.57. The second-order valence-corrected chi connectivity index (χ2v) is 12.1. The average molecular weight is 599 g/mol. The van der Waals surface area contributed by atoms with E-state index in [1.54, 1.807) is 0 Å². The van der Waals surface area contributed by atoms with Gasteiger partial charge in [0.05, 0.1) is 50.0 Å². The topological polar surface area (TPSA) is 38.6 Å². The Morgan fingerprint density at radius 3 is 1.23 bits per heavy atom. The summed E-state index contributed by atoms with van der Waals surface area (Å²) in [5, 5.41) is 17.9. The second-order valence-electron chi connectivity index (χ2n) is 12.1. The van der Waals surface area contributed by atoms with Crippen molar-refractivity contribution in [3.63, 3.8) is 0 Å². The molecule has 3 aromatic heterocycles. The highest BCUT2D eigenvalue weighted by Crippen LogP contribution is 2.44. The number of nitrogens with zero attached hydrogens (tertiary/aromatic N) is 4. The molecule has 7 aromatic carbocycles. The number of aromatic nitrogens is 3. The molecular weight excluding hydrogens is 573 g/mol. The molecule has 0 aliphatic carbocycles. The van der Waals surface area contributed by atoms with Gasteiger partial charge in [-0.25, -0.2) is 0 Å². The first-order valence-electron chi connectivity index (χ1n) is 15.9. The number of benzene rings is 7. The van der Waals surface area contributed by atoms with Gasteiger partial charge in [0.1, 0.15) is 6.07 Å². The first-order valence-corrected chi connectivity index (χ1v) is 15.9. The van der Waals surface area contributed by atoms with Crippen LogP contribution in [0.5, 0.6) is 0 Å². The fourth-order valence-electron chi connectivity index (χ4n) is 7.80. The first-order chi connectivity index (χ1) is 23.3. The van der Waals surface area contributed by atoms with Gasteiger partial charge in [0.15, 0.2) is 0 Å². The highest BCUT2D eigenvalue weighted by molar-refractivity contribution is 6.18. The van der Waals surface area contributed by atoms with E-state index in [4.69, 9.17) is 0 Å². The van der Waals surface area contributed by atoms with Gasteiger partial charge in [0.2, 0.25) is 0 Å². The predicted octanol–water partition coefficient (Wildman–Crippen LogP) is 10.8. The molecule has 0 spiro atoms. The van der Waals surface area contributed by atoms with E-state index in [-0.39, 0.29) is 0 Å². The van der Waals surface area contributed by atoms with Crippen molar-refractivity contribution < 1.29 is 0 Å². The molecule has 0 bridgehead atoms. The molecule has 47 heavy (non-hydrogen) atoms. The minimum Gasteiger partial charge on any atom is -0.308 e. The maximum atomic E-state index is 11.2. The number of fused-ring (bicyclic) bond motifs is 9. The predicted molar refractivity (Wildman–Crippen MR) is 194 cm³/mol. The summed E-state index contributed by atoms with van der Waals surface area (Å²) in [5.74, 6) is 0. The van der Waals surface area contributed by atoms with Crippen LogP contribution in [0.25, 0.3) is 82.5 Å². The van der Waals surface area contributed by atoms with Crippen LogP contribution in [0.3, 0.4) is 0 Å². The Kier molecular flexibility index (Phi) is 5.32. The van der Waals surface area contributed by atoms with Crippen LogP contribution in [0.2, 0.25) is 0 Å². The van der Waals surface area contributed by atoms with E-state index in [1.165, 1.54) is 10.8 Å². The molecule has 218 valence electrons. The van der Waals surface area contributed by atoms with Crippen LogP contribution < -0.4 is 0 Å². The van der Waals surface area contributed by atoms with Crippen molar-refractivity contribution in [3.8, 4) is 23.1 Å². The van der Waals surface area contributed by atoms with E-state index in [2.05, 4.69) is 171 Å². The normalized spacial score (nSPS) is 11.8. The third-order valence-corrected chi connectivity index (χ3v) is 9.67. The number of para-hydroxylation sites is 6. The SMILES string of the molecule is N#Cc1c(-n2c3ccccc3c3ccccc32)cc(-n2c3ccccc3c3ccccc32)c2c1c1ccccc1n2-c1ccccc1. The Labute approximate surface area is 270 Å². The van der Waals surface area contributed by atoms with E-state index >= 15 is 0 Å². The smallest absolute Gasteiger partial charge is 0.102 e. The summed E-state index contributed by atoms with van der Waals surface area (Å²) in [4.78, 5) is 0. The van der Waals surface area contributed by atoms with E-state index in [9.17, 15) is 5.26 Å². The van der Waals surface area contributed by atoms with E-state index in [0.717, 1.165) is 71.7 Å². The van der Waals surface area contributed by atoms with Crippen LogP contribution >= 0.6 is 0 Å². The van der Waals surface area contributed by atoms with Crippen molar-refractivity contribution >= 4 is 65.4 Å². The molecule has 0 aliphatic heterocycles. The fourth-order valence-corrected chi connectivity index (χ4v) is 7.80. The molecule has 0 saturated heterocycles. The van der Waals surface area contributed by atoms with Crippen molar-refractivity contribution in [1.29, 1.82) is 5.26 Å². The monoisotopic (exact) mass is 598 g/mol. The lowest BCUT2D eigenvalue weighted by atomic mass is 10.0. The largest absolute Gasteiger partial charge is 0.308 e. The third kappa shape index (κ3) is 3.46. The van der Waals surface area contributed by atoms with Crippen molar-refractivity contribution in [1.82, 2.24) is 13.7 Å². The lowest BCUT2D eigenvalue weighted by Crippen LogP contribution is -2.05. The molecule has 3 heterocycles. The highest BCUT2D eigenvalue weighted by atomic mass is 15.1. The molecule has 0 fully saturated rings. The Balaban J connectivity index is 1.50. The molecule has 4 heteroatoms. The molecule has 0 unspecified atom stereocenters. The molecule has 0 saturated carbocycles. The van der Waals surface area contributed by atoms with Crippen LogP contribution in [0, 0.1) is 11.3 Å². The molecule has 0 N–H and O–H groups in total. The average Bonchev–Trinajstić information content (AvgIpc) is 3.78. The maximum absolute atomic E-state index is 11.2. The van der Waals surface area contributed by atoms with Crippen molar-refractivity contribution in [2.45, 2.75) is 0 Å². The molecular formula is C43H26N4. The lowest BCUT2D eigenvalue weighted by molar-refractivity contribution is 1.11. The van der Waals surface area contributed by atoms with Gasteiger partial charge >= 0.3 is 0 Å². The summed E-state index contributed by atoms with van der Waals surface area (Å²) < 4.78 is 7.01. The van der Waals surface area contributed by atoms with Gasteiger partial charge in [0.25, 0.3) is 0 Å². The Morgan fingerprint density at radius 2 is 0.766 bits per heavy atom. The van der Waals surface area contributed by atoms with Gasteiger partial charge in [0, 0.05) is 38.0 Å². The van der Waals surface area contributed by atoms with Crippen LogP contribution in [0.1, 0.15) is 5.56 Å². The van der Waals surface area contributed by atoms with Crippen molar-refractivity contribution in [2.75, 3.05) is 0 Å². The Morgan fingerprint density at radius 1 is 0.383 bits per heavy atom. The zero-order valence-electron chi connectivity index (χ0n) is 25.3. The summed E-state index contributed by atoms with van der Waals surface area (Å²) in [6, 6.07) is 58.2. The molecule has 0 amide bonds. The molecule has 0 atom stereocenters. The third-order valence-electron chi connectivity index (χ3n) is 9.67. The number of hydrogen-bond donors (Lipinski definition) is 0. The van der Waals surface area contributed by atoms with Crippen LogP contribution in [-0.2, 0) is 0 Å². The van der Waals surface area contributed by atoms with Gasteiger partial charge < -0.3 is 13.7 Å². The standard InChI is InChI=1S/C43H26N4/c44-27-34-40(46-35-21-9-4-16-29(35)30-17-5-10-22-36(30)46)26-41(47-37-23-11-6-18-31(37)32-19-7-12-24-38(32)47)43-42(34)33-20-8-13-25-39(33)45(43)28-14-2-1-3-15-28/h1-26H. The fraction of sp³-hybridized carbons (Fsp3) is 0. The van der Waals surface area contributed by atoms with Gasteiger partial charge in [-0.3, -0.25) is 0 Å².